The zero-order valence-electron chi connectivity index (χ0n) is 7.52. The largest absolute Gasteiger partial charge is 0.262 e. The van der Waals surface area contributed by atoms with Crippen LogP contribution < -0.4 is 0 Å². The summed E-state index contributed by atoms with van der Waals surface area (Å²) in [7, 11) is 6.09. The van der Waals surface area contributed by atoms with Gasteiger partial charge >= 0.3 is 0 Å². The summed E-state index contributed by atoms with van der Waals surface area (Å²) in [6, 6.07) is 0.225. The SMILES string of the molecule is C#CC1CSP(=S)(N(C)C)N1C. The molecule has 1 saturated heterocycles. The molecule has 0 N–H and O–H groups in total. The minimum absolute atomic E-state index is 0.225. The molecule has 0 aromatic rings. The Morgan fingerprint density at radius 2 is 2.33 bits per heavy atom. The lowest BCUT2D eigenvalue weighted by Gasteiger charge is -2.30. The molecule has 0 aromatic heterocycles. The lowest BCUT2D eigenvalue weighted by atomic mass is 10.4. The van der Waals surface area contributed by atoms with Crippen LogP contribution in [0.25, 0.3) is 0 Å². The number of hydrogen-bond acceptors (Lipinski definition) is 2. The van der Waals surface area contributed by atoms with Gasteiger partial charge in [-0.2, -0.15) is 0 Å². The fraction of sp³-hybridized carbons (Fsp3) is 0.714. The molecule has 0 aliphatic carbocycles. The van der Waals surface area contributed by atoms with Crippen molar-refractivity contribution in [3.63, 3.8) is 0 Å². The number of terminal acetylenes is 1. The van der Waals surface area contributed by atoms with Gasteiger partial charge in [-0.15, -0.1) is 6.42 Å². The highest BCUT2D eigenvalue weighted by Crippen LogP contribution is 2.67. The Kier molecular flexibility index (Phi) is 3.25. The van der Waals surface area contributed by atoms with Crippen LogP contribution in [-0.2, 0) is 11.8 Å². The standard InChI is InChI=1S/C7H13N2PS2/c1-5-7-6-12-10(11,8(2)3)9(7)4/h1,7H,6H2,2-4H3. The van der Waals surface area contributed by atoms with Crippen molar-refractivity contribution in [2.75, 3.05) is 26.9 Å². The van der Waals surface area contributed by atoms with Gasteiger partial charge in [0.2, 0.25) is 0 Å². The van der Waals surface area contributed by atoms with Gasteiger partial charge in [-0.1, -0.05) is 29.1 Å². The van der Waals surface area contributed by atoms with E-state index in [0.717, 1.165) is 5.75 Å². The van der Waals surface area contributed by atoms with Crippen molar-refractivity contribution >= 4 is 28.7 Å². The normalized spacial score (nSPS) is 37.1. The first-order chi connectivity index (χ1) is 5.52. The van der Waals surface area contributed by atoms with Crippen LogP contribution in [-0.4, -0.2) is 42.3 Å². The van der Waals surface area contributed by atoms with Crippen molar-refractivity contribution in [2.45, 2.75) is 6.04 Å². The summed E-state index contributed by atoms with van der Waals surface area (Å²) in [5, 5.41) is 0. The van der Waals surface area contributed by atoms with E-state index in [9.17, 15) is 0 Å². The summed E-state index contributed by atoms with van der Waals surface area (Å²) in [5.41, 5.74) is -1.53. The second-order valence-electron chi connectivity index (χ2n) is 2.89. The van der Waals surface area contributed by atoms with E-state index in [1.807, 2.05) is 32.5 Å². The van der Waals surface area contributed by atoms with Crippen LogP contribution in [0, 0.1) is 12.3 Å². The third kappa shape index (κ3) is 1.57. The van der Waals surface area contributed by atoms with Crippen LogP contribution in [0.15, 0.2) is 0 Å². The average molecular weight is 220 g/mol. The smallest absolute Gasteiger partial charge is 0.132 e. The van der Waals surface area contributed by atoms with Gasteiger partial charge in [-0.25, -0.2) is 4.67 Å². The maximum Gasteiger partial charge on any atom is 0.132 e. The Morgan fingerprint density at radius 3 is 2.58 bits per heavy atom. The molecule has 0 amide bonds. The molecule has 1 aliphatic heterocycles. The molecule has 68 valence electrons. The van der Waals surface area contributed by atoms with Crippen LogP contribution in [0.4, 0.5) is 0 Å². The molecule has 1 rings (SSSR count). The quantitative estimate of drug-likeness (QED) is 0.487. The molecule has 2 nitrogen and oxygen atoms in total. The fourth-order valence-electron chi connectivity index (χ4n) is 1.10. The minimum atomic E-state index is -1.53. The summed E-state index contributed by atoms with van der Waals surface area (Å²) in [6.45, 7) is 0. The molecular weight excluding hydrogens is 207 g/mol. The van der Waals surface area contributed by atoms with E-state index in [1.54, 1.807) is 0 Å². The Morgan fingerprint density at radius 1 is 1.75 bits per heavy atom. The summed E-state index contributed by atoms with van der Waals surface area (Å²) in [4.78, 5) is 0. The van der Waals surface area contributed by atoms with Gasteiger partial charge in [0.15, 0.2) is 0 Å². The average Bonchev–Trinajstić information content (AvgIpc) is 2.31. The van der Waals surface area contributed by atoms with Gasteiger partial charge < -0.3 is 0 Å². The van der Waals surface area contributed by atoms with Crippen molar-refractivity contribution in [3.05, 3.63) is 0 Å². The molecule has 0 bridgehead atoms. The van der Waals surface area contributed by atoms with E-state index < -0.39 is 5.54 Å². The number of hydrogen-bond donors (Lipinski definition) is 0. The summed E-state index contributed by atoms with van der Waals surface area (Å²) in [5.74, 6) is 3.74. The first kappa shape index (κ1) is 10.6. The van der Waals surface area contributed by atoms with Crippen molar-refractivity contribution in [1.29, 1.82) is 0 Å². The highest BCUT2D eigenvalue weighted by atomic mass is 32.9. The Balaban J connectivity index is 2.87. The second-order valence-corrected chi connectivity index (χ2v) is 10.4. The number of rotatable bonds is 1. The Labute approximate surface area is 83.5 Å². The molecule has 0 radical (unpaired) electrons. The van der Waals surface area contributed by atoms with Gasteiger partial charge in [0.1, 0.15) is 5.54 Å². The van der Waals surface area contributed by atoms with E-state index >= 15 is 0 Å². The molecule has 0 spiro atoms. The third-order valence-electron chi connectivity index (χ3n) is 1.95. The molecule has 1 aliphatic rings. The molecule has 0 aromatic carbocycles. The predicted molar refractivity (Wildman–Crippen MR) is 60.8 cm³/mol. The van der Waals surface area contributed by atoms with Crippen LogP contribution in [0.1, 0.15) is 0 Å². The molecular formula is C7H13N2PS2. The van der Waals surface area contributed by atoms with Crippen molar-refractivity contribution < 1.29 is 0 Å². The van der Waals surface area contributed by atoms with Crippen LogP contribution in [0.5, 0.6) is 0 Å². The summed E-state index contributed by atoms with van der Waals surface area (Å²) < 4.78 is 4.30. The summed E-state index contributed by atoms with van der Waals surface area (Å²) >= 11 is 7.42. The van der Waals surface area contributed by atoms with Gasteiger partial charge in [-0.3, -0.25) is 4.67 Å². The topological polar surface area (TPSA) is 6.48 Å². The second kappa shape index (κ2) is 3.69. The Bertz CT molecular complexity index is 259. The van der Waals surface area contributed by atoms with Crippen molar-refractivity contribution in [1.82, 2.24) is 9.34 Å². The maximum atomic E-state index is 5.59. The van der Waals surface area contributed by atoms with E-state index in [1.165, 1.54) is 0 Å². The highest BCUT2D eigenvalue weighted by Gasteiger charge is 2.37. The zero-order valence-corrected chi connectivity index (χ0v) is 10.0. The number of nitrogens with zero attached hydrogens (tertiary/aromatic N) is 2. The predicted octanol–water partition coefficient (Wildman–Crippen LogP) is 1.45. The Hall–Kier alpha value is 0.480. The molecule has 2 unspecified atom stereocenters. The molecule has 1 fully saturated rings. The summed E-state index contributed by atoms with van der Waals surface area (Å²) in [6.07, 6.45) is 5.39. The fourth-order valence-corrected chi connectivity index (χ4v) is 6.82. The van der Waals surface area contributed by atoms with Crippen LogP contribution >= 0.6 is 16.9 Å². The van der Waals surface area contributed by atoms with Gasteiger partial charge in [0, 0.05) is 5.75 Å². The monoisotopic (exact) mass is 220 g/mol. The zero-order chi connectivity index (χ0) is 9.35. The van der Waals surface area contributed by atoms with E-state index in [4.69, 9.17) is 18.2 Å². The minimum Gasteiger partial charge on any atom is -0.262 e. The van der Waals surface area contributed by atoms with E-state index in [2.05, 4.69) is 15.3 Å². The maximum absolute atomic E-state index is 5.59. The van der Waals surface area contributed by atoms with Gasteiger partial charge in [0.25, 0.3) is 0 Å². The van der Waals surface area contributed by atoms with E-state index in [0.29, 0.717) is 0 Å². The molecule has 2 atom stereocenters. The lowest BCUT2D eigenvalue weighted by Crippen LogP contribution is -2.26. The van der Waals surface area contributed by atoms with Crippen molar-refractivity contribution in [3.8, 4) is 12.3 Å². The lowest BCUT2D eigenvalue weighted by molar-refractivity contribution is 0.491. The highest BCUT2D eigenvalue weighted by molar-refractivity contribution is 8.69. The molecule has 5 heteroatoms. The molecule has 0 saturated carbocycles. The molecule has 12 heavy (non-hydrogen) atoms. The molecule has 1 heterocycles. The van der Waals surface area contributed by atoms with Gasteiger partial charge in [0.05, 0.1) is 6.04 Å². The van der Waals surface area contributed by atoms with Gasteiger partial charge in [-0.05, 0) is 21.1 Å². The first-order valence-corrected chi connectivity index (χ1v) is 7.94. The first-order valence-electron chi connectivity index (χ1n) is 3.64. The van der Waals surface area contributed by atoms with Crippen LogP contribution in [0.3, 0.4) is 0 Å². The van der Waals surface area contributed by atoms with Crippen molar-refractivity contribution in [2.24, 2.45) is 0 Å². The van der Waals surface area contributed by atoms with E-state index in [-0.39, 0.29) is 6.04 Å². The van der Waals surface area contributed by atoms with Crippen LogP contribution in [0.2, 0.25) is 0 Å². The third-order valence-corrected chi connectivity index (χ3v) is 10.7.